The molecule has 2 rings (SSSR count). The molecule has 4 unspecified atom stereocenters. The topological polar surface area (TPSA) is 15.3 Å². The maximum absolute atomic E-state index is 3.83. The molecule has 2 heteroatoms. The number of piperazine rings is 1. The van der Waals surface area contributed by atoms with Gasteiger partial charge < -0.3 is 5.32 Å². The lowest BCUT2D eigenvalue weighted by Gasteiger charge is -2.52. The fraction of sp³-hybridized carbons (Fsp3) is 0.684. The summed E-state index contributed by atoms with van der Waals surface area (Å²) in [6.45, 7) is 13.9. The normalized spacial score (nSPS) is 30.0. The third-order valence-corrected chi connectivity index (χ3v) is 5.59. The van der Waals surface area contributed by atoms with E-state index in [1.54, 1.807) is 0 Å². The number of benzene rings is 1. The fourth-order valence-electron chi connectivity index (χ4n) is 3.53. The molecular formula is C19H32N2. The van der Waals surface area contributed by atoms with Gasteiger partial charge in [-0.1, -0.05) is 57.5 Å². The third kappa shape index (κ3) is 3.32. The Morgan fingerprint density at radius 3 is 2.43 bits per heavy atom. The van der Waals surface area contributed by atoms with Crippen LogP contribution in [0.1, 0.15) is 53.0 Å². The van der Waals surface area contributed by atoms with Crippen LogP contribution in [-0.2, 0) is 5.54 Å². The Hall–Kier alpha value is -0.860. The standard InChI is InChI=1S/C19H32N2/c1-6-15(3)18-13-21(16(4)7-2)19(5,14-20-18)17-11-9-8-10-12-17/h8-12,15-16,18,20H,6-7,13-14H2,1-5H3. The van der Waals surface area contributed by atoms with Crippen molar-refractivity contribution in [1.29, 1.82) is 0 Å². The van der Waals surface area contributed by atoms with Gasteiger partial charge in [0.15, 0.2) is 0 Å². The van der Waals surface area contributed by atoms with E-state index in [2.05, 4.69) is 75.2 Å². The lowest BCUT2D eigenvalue weighted by atomic mass is 9.83. The monoisotopic (exact) mass is 288 g/mol. The second-order valence-corrected chi connectivity index (χ2v) is 6.92. The zero-order chi connectivity index (χ0) is 15.5. The highest BCUT2D eigenvalue weighted by atomic mass is 15.3. The van der Waals surface area contributed by atoms with Crippen molar-refractivity contribution in [2.45, 2.75) is 65.1 Å². The average molecular weight is 288 g/mol. The van der Waals surface area contributed by atoms with Crippen molar-refractivity contribution in [2.75, 3.05) is 13.1 Å². The molecule has 0 spiro atoms. The predicted molar refractivity (Wildman–Crippen MR) is 91.5 cm³/mol. The van der Waals surface area contributed by atoms with E-state index in [4.69, 9.17) is 0 Å². The molecule has 118 valence electrons. The van der Waals surface area contributed by atoms with Gasteiger partial charge in [-0.25, -0.2) is 0 Å². The minimum Gasteiger partial charge on any atom is -0.310 e. The van der Waals surface area contributed by atoms with E-state index in [9.17, 15) is 0 Å². The molecule has 1 heterocycles. The maximum Gasteiger partial charge on any atom is 0.0560 e. The van der Waals surface area contributed by atoms with Crippen LogP contribution in [0, 0.1) is 5.92 Å². The summed E-state index contributed by atoms with van der Waals surface area (Å²) in [4.78, 5) is 2.73. The summed E-state index contributed by atoms with van der Waals surface area (Å²) in [5.41, 5.74) is 1.53. The Bertz CT molecular complexity index is 430. The first-order valence-corrected chi connectivity index (χ1v) is 8.58. The summed E-state index contributed by atoms with van der Waals surface area (Å²) >= 11 is 0. The summed E-state index contributed by atoms with van der Waals surface area (Å²) in [7, 11) is 0. The SMILES string of the molecule is CCC(C)C1CN(C(C)CC)C(C)(c2ccccc2)CN1. The van der Waals surface area contributed by atoms with Crippen molar-refractivity contribution in [3.63, 3.8) is 0 Å². The first-order chi connectivity index (χ1) is 10.0. The van der Waals surface area contributed by atoms with Crippen molar-refractivity contribution < 1.29 is 0 Å². The lowest BCUT2D eigenvalue weighted by molar-refractivity contribution is 0.00400. The molecule has 4 atom stereocenters. The van der Waals surface area contributed by atoms with Crippen molar-refractivity contribution in [1.82, 2.24) is 10.2 Å². The minimum absolute atomic E-state index is 0.0979. The molecule has 1 fully saturated rings. The molecule has 0 saturated carbocycles. The van der Waals surface area contributed by atoms with Gasteiger partial charge in [-0.2, -0.15) is 0 Å². The van der Waals surface area contributed by atoms with Gasteiger partial charge in [0, 0.05) is 25.2 Å². The molecule has 1 aliphatic heterocycles. The van der Waals surface area contributed by atoms with E-state index in [0.29, 0.717) is 12.1 Å². The van der Waals surface area contributed by atoms with E-state index < -0.39 is 0 Å². The molecule has 0 radical (unpaired) electrons. The highest BCUT2D eigenvalue weighted by Gasteiger charge is 2.41. The predicted octanol–water partition coefficient (Wildman–Crippen LogP) is 4.02. The molecule has 0 amide bonds. The summed E-state index contributed by atoms with van der Waals surface area (Å²) in [6.07, 6.45) is 2.45. The van der Waals surface area contributed by atoms with Crippen LogP contribution >= 0.6 is 0 Å². The number of hydrogen-bond donors (Lipinski definition) is 1. The number of nitrogens with zero attached hydrogens (tertiary/aromatic N) is 1. The van der Waals surface area contributed by atoms with Crippen LogP contribution < -0.4 is 5.32 Å². The van der Waals surface area contributed by atoms with E-state index in [1.165, 1.54) is 18.4 Å². The van der Waals surface area contributed by atoms with Gasteiger partial charge >= 0.3 is 0 Å². The Morgan fingerprint density at radius 2 is 1.86 bits per heavy atom. The number of nitrogens with one attached hydrogen (secondary N) is 1. The van der Waals surface area contributed by atoms with E-state index in [0.717, 1.165) is 19.0 Å². The molecular weight excluding hydrogens is 256 g/mol. The zero-order valence-electron chi connectivity index (χ0n) is 14.4. The molecule has 21 heavy (non-hydrogen) atoms. The van der Waals surface area contributed by atoms with Gasteiger partial charge in [0.1, 0.15) is 0 Å². The second-order valence-electron chi connectivity index (χ2n) is 6.92. The molecule has 0 bridgehead atoms. The average Bonchev–Trinajstić information content (AvgIpc) is 2.54. The van der Waals surface area contributed by atoms with Crippen molar-refractivity contribution in [3.8, 4) is 0 Å². The Labute approximate surface area is 130 Å². The summed E-state index contributed by atoms with van der Waals surface area (Å²) in [5, 5.41) is 3.83. The first-order valence-electron chi connectivity index (χ1n) is 8.58. The largest absolute Gasteiger partial charge is 0.310 e. The van der Waals surface area contributed by atoms with Gasteiger partial charge in [0.25, 0.3) is 0 Å². The Kier molecular flexibility index (Phi) is 5.45. The first kappa shape index (κ1) is 16.5. The van der Waals surface area contributed by atoms with Gasteiger partial charge in [0.05, 0.1) is 5.54 Å². The van der Waals surface area contributed by atoms with Crippen LogP contribution in [0.5, 0.6) is 0 Å². The van der Waals surface area contributed by atoms with Crippen molar-refractivity contribution in [2.24, 2.45) is 5.92 Å². The van der Waals surface area contributed by atoms with Crippen LogP contribution in [0.15, 0.2) is 30.3 Å². The van der Waals surface area contributed by atoms with Crippen LogP contribution in [0.3, 0.4) is 0 Å². The molecule has 1 aliphatic rings. The van der Waals surface area contributed by atoms with E-state index >= 15 is 0 Å². The highest BCUT2D eigenvalue weighted by Crippen LogP contribution is 2.34. The lowest BCUT2D eigenvalue weighted by Crippen LogP contribution is -2.64. The summed E-state index contributed by atoms with van der Waals surface area (Å²) in [6, 6.07) is 12.2. The minimum atomic E-state index is 0.0979. The van der Waals surface area contributed by atoms with Crippen LogP contribution in [0.4, 0.5) is 0 Å². The van der Waals surface area contributed by atoms with Gasteiger partial charge in [-0.15, -0.1) is 0 Å². The molecule has 0 aromatic heterocycles. The number of hydrogen-bond acceptors (Lipinski definition) is 2. The van der Waals surface area contributed by atoms with Crippen molar-refractivity contribution >= 4 is 0 Å². The third-order valence-electron chi connectivity index (χ3n) is 5.59. The van der Waals surface area contributed by atoms with Gasteiger partial charge in [0.2, 0.25) is 0 Å². The van der Waals surface area contributed by atoms with Crippen molar-refractivity contribution in [3.05, 3.63) is 35.9 Å². The van der Waals surface area contributed by atoms with Crippen LogP contribution in [-0.4, -0.2) is 30.1 Å². The molecule has 1 saturated heterocycles. The smallest absolute Gasteiger partial charge is 0.0560 e. The van der Waals surface area contributed by atoms with Gasteiger partial charge in [-0.3, -0.25) is 4.90 Å². The van der Waals surface area contributed by atoms with Gasteiger partial charge in [-0.05, 0) is 31.7 Å². The number of rotatable bonds is 5. The molecule has 0 aliphatic carbocycles. The molecule has 1 aromatic carbocycles. The molecule has 2 nitrogen and oxygen atoms in total. The quantitative estimate of drug-likeness (QED) is 0.880. The maximum atomic E-state index is 3.83. The van der Waals surface area contributed by atoms with Crippen LogP contribution in [0.25, 0.3) is 0 Å². The summed E-state index contributed by atoms with van der Waals surface area (Å²) < 4.78 is 0. The Morgan fingerprint density at radius 1 is 1.19 bits per heavy atom. The van der Waals surface area contributed by atoms with E-state index in [-0.39, 0.29) is 5.54 Å². The molecule has 1 aromatic rings. The zero-order valence-corrected chi connectivity index (χ0v) is 14.4. The Balaban J connectivity index is 2.28. The van der Waals surface area contributed by atoms with E-state index in [1.807, 2.05) is 0 Å². The highest BCUT2D eigenvalue weighted by molar-refractivity contribution is 5.26. The second kappa shape index (κ2) is 6.93. The molecule has 1 N–H and O–H groups in total. The van der Waals surface area contributed by atoms with Crippen LogP contribution in [0.2, 0.25) is 0 Å². The fourth-order valence-corrected chi connectivity index (χ4v) is 3.53. The summed E-state index contributed by atoms with van der Waals surface area (Å²) in [5.74, 6) is 0.733.